The highest BCUT2D eigenvalue weighted by molar-refractivity contribution is 7.92. The predicted molar refractivity (Wildman–Crippen MR) is 128 cm³/mol. The summed E-state index contributed by atoms with van der Waals surface area (Å²) >= 11 is 1.14. The summed E-state index contributed by atoms with van der Waals surface area (Å²) in [4.78, 5) is 15.4. The monoisotopic (exact) mass is 525 g/mol. The Morgan fingerprint density at radius 2 is 1.89 bits per heavy atom. The molecule has 1 aliphatic heterocycles. The largest absolute Gasteiger partial charge is 0.397 e. The summed E-state index contributed by atoms with van der Waals surface area (Å²) in [7, 11) is -4.76. The van der Waals surface area contributed by atoms with Crippen LogP contribution in [0.3, 0.4) is 0 Å². The number of aryl methyl sites for hydroxylation is 1. The molecule has 0 saturated carbocycles. The maximum absolute atomic E-state index is 13.4. The molecule has 1 saturated heterocycles. The Bertz CT molecular complexity index is 1350. The SMILES string of the molecule is Cc1c(CN2CCOCC2)nnc2sc(C(=O)NCc3ccc(S(=O)(=O)C(C)(F)F)cc3)c(N)c12. The van der Waals surface area contributed by atoms with Crippen molar-refractivity contribution in [1.82, 2.24) is 20.4 Å². The molecule has 0 atom stereocenters. The van der Waals surface area contributed by atoms with Crippen molar-refractivity contribution in [2.45, 2.75) is 37.1 Å². The fourth-order valence-corrected chi connectivity index (χ4v) is 5.66. The minimum Gasteiger partial charge on any atom is -0.397 e. The fraction of sp³-hybridized carbons (Fsp3) is 0.409. The van der Waals surface area contributed by atoms with E-state index in [1.54, 1.807) is 0 Å². The molecule has 0 unspecified atom stereocenters. The van der Waals surface area contributed by atoms with Gasteiger partial charge in [0.15, 0.2) is 0 Å². The molecule has 3 heterocycles. The number of hydrogen-bond donors (Lipinski definition) is 2. The summed E-state index contributed by atoms with van der Waals surface area (Å²) in [6.07, 6.45) is 0. The first-order valence-electron chi connectivity index (χ1n) is 10.8. The van der Waals surface area contributed by atoms with E-state index in [1.807, 2.05) is 6.92 Å². The quantitative estimate of drug-likeness (QED) is 0.482. The van der Waals surface area contributed by atoms with Crippen molar-refractivity contribution in [1.29, 1.82) is 0 Å². The molecule has 3 aromatic rings. The normalized spacial score (nSPS) is 15.4. The first-order valence-corrected chi connectivity index (χ1v) is 13.1. The van der Waals surface area contributed by atoms with Crippen molar-refractivity contribution >= 4 is 43.0 Å². The zero-order chi connectivity index (χ0) is 25.4. The third-order valence-electron chi connectivity index (χ3n) is 5.84. The molecule has 0 aliphatic carbocycles. The van der Waals surface area contributed by atoms with Crippen molar-refractivity contribution in [3.63, 3.8) is 0 Å². The highest BCUT2D eigenvalue weighted by Gasteiger charge is 2.40. The fourth-order valence-electron chi connectivity index (χ4n) is 3.74. The number of alkyl halides is 2. The number of halogens is 2. The molecule has 0 bridgehead atoms. The Balaban J connectivity index is 1.48. The van der Waals surface area contributed by atoms with E-state index in [0.29, 0.717) is 53.0 Å². The van der Waals surface area contributed by atoms with Gasteiger partial charge in [-0.15, -0.1) is 16.4 Å². The maximum Gasteiger partial charge on any atom is 0.347 e. The van der Waals surface area contributed by atoms with Gasteiger partial charge in [0.1, 0.15) is 9.71 Å². The topological polar surface area (TPSA) is 128 Å². The number of aromatic nitrogens is 2. The lowest BCUT2D eigenvalue weighted by molar-refractivity contribution is 0.0335. The van der Waals surface area contributed by atoms with Crippen LogP contribution in [-0.4, -0.2) is 61.0 Å². The molecular weight excluding hydrogens is 500 g/mol. The van der Waals surface area contributed by atoms with Crippen LogP contribution in [0.25, 0.3) is 10.2 Å². The Labute approximate surface area is 205 Å². The summed E-state index contributed by atoms with van der Waals surface area (Å²) in [5.41, 5.74) is 8.87. The Kier molecular flexibility index (Phi) is 7.04. The number of fused-ring (bicyclic) bond motifs is 1. The molecule has 4 rings (SSSR count). The second-order valence-electron chi connectivity index (χ2n) is 8.32. The van der Waals surface area contributed by atoms with Crippen LogP contribution in [-0.2, 0) is 27.7 Å². The number of ether oxygens (including phenoxy) is 1. The van der Waals surface area contributed by atoms with Gasteiger partial charge in [0.05, 0.1) is 29.5 Å². The number of hydrogen-bond acceptors (Lipinski definition) is 9. The maximum atomic E-state index is 13.4. The van der Waals surface area contributed by atoms with Crippen molar-refractivity contribution in [2.75, 3.05) is 32.0 Å². The van der Waals surface area contributed by atoms with Crippen molar-refractivity contribution < 1.29 is 26.7 Å². The molecule has 1 fully saturated rings. The van der Waals surface area contributed by atoms with E-state index in [1.165, 1.54) is 12.1 Å². The zero-order valence-electron chi connectivity index (χ0n) is 19.2. The van der Waals surface area contributed by atoms with E-state index in [-0.39, 0.29) is 6.54 Å². The molecule has 1 aromatic carbocycles. The lowest BCUT2D eigenvalue weighted by atomic mass is 10.1. The van der Waals surface area contributed by atoms with E-state index in [4.69, 9.17) is 10.5 Å². The number of carbonyl (C=O) groups is 1. The van der Waals surface area contributed by atoms with Crippen LogP contribution in [0.4, 0.5) is 14.5 Å². The van der Waals surface area contributed by atoms with Gasteiger partial charge in [-0.2, -0.15) is 13.9 Å². The lowest BCUT2D eigenvalue weighted by Gasteiger charge is -2.26. The van der Waals surface area contributed by atoms with Crippen LogP contribution in [0, 0.1) is 6.92 Å². The molecule has 1 aliphatic rings. The van der Waals surface area contributed by atoms with E-state index < -0.39 is 25.9 Å². The summed E-state index contributed by atoms with van der Waals surface area (Å²) in [5, 5.41) is 8.16. The van der Waals surface area contributed by atoms with Gasteiger partial charge < -0.3 is 15.8 Å². The van der Waals surface area contributed by atoms with Crippen LogP contribution < -0.4 is 11.1 Å². The minimum atomic E-state index is -4.76. The number of amides is 1. The number of nitrogens with one attached hydrogen (secondary N) is 1. The van der Waals surface area contributed by atoms with Crippen LogP contribution in [0.5, 0.6) is 0 Å². The highest BCUT2D eigenvalue weighted by atomic mass is 32.2. The molecule has 1 amide bonds. The lowest BCUT2D eigenvalue weighted by Crippen LogP contribution is -2.36. The third kappa shape index (κ3) is 5.13. The summed E-state index contributed by atoms with van der Waals surface area (Å²) in [6, 6.07) is 4.94. The van der Waals surface area contributed by atoms with E-state index in [2.05, 4.69) is 20.4 Å². The van der Waals surface area contributed by atoms with Crippen LogP contribution in [0.15, 0.2) is 29.2 Å². The molecule has 0 radical (unpaired) electrons. The second-order valence-corrected chi connectivity index (χ2v) is 11.5. The van der Waals surface area contributed by atoms with Gasteiger partial charge in [-0.3, -0.25) is 9.69 Å². The Hall–Kier alpha value is -2.74. The second kappa shape index (κ2) is 9.72. The number of anilines is 1. The first-order chi connectivity index (χ1) is 16.5. The number of nitrogens with zero attached hydrogens (tertiary/aromatic N) is 3. The number of carbonyl (C=O) groups excluding carboxylic acids is 1. The number of nitrogens with two attached hydrogens (primary N) is 1. The van der Waals surface area contributed by atoms with Crippen LogP contribution in [0.1, 0.15) is 33.4 Å². The molecule has 3 N–H and O–H groups in total. The van der Waals surface area contributed by atoms with Gasteiger partial charge in [-0.05, 0) is 30.2 Å². The minimum absolute atomic E-state index is 0.0578. The van der Waals surface area contributed by atoms with E-state index in [0.717, 1.165) is 47.8 Å². The van der Waals surface area contributed by atoms with Gasteiger partial charge in [0.25, 0.3) is 5.91 Å². The summed E-state index contributed by atoms with van der Waals surface area (Å²) in [6.45, 7) is 5.87. The number of morpholine rings is 1. The van der Waals surface area contributed by atoms with E-state index in [9.17, 15) is 22.0 Å². The third-order valence-corrected chi connectivity index (χ3v) is 8.76. The number of thiophene rings is 1. The average Bonchev–Trinajstić information content (AvgIpc) is 3.16. The van der Waals surface area contributed by atoms with Gasteiger partial charge in [-0.1, -0.05) is 12.1 Å². The van der Waals surface area contributed by atoms with Crippen LogP contribution >= 0.6 is 11.3 Å². The Morgan fingerprint density at radius 3 is 2.51 bits per heavy atom. The molecule has 0 spiro atoms. The van der Waals surface area contributed by atoms with Crippen molar-refractivity contribution in [3.05, 3.63) is 46.0 Å². The molecular formula is C22H25F2N5O4S2. The van der Waals surface area contributed by atoms with Crippen molar-refractivity contribution in [3.8, 4) is 0 Å². The molecule has 9 nitrogen and oxygen atoms in total. The summed E-state index contributed by atoms with van der Waals surface area (Å²) in [5.74, 6) is -0.420. The highest BCUT2D eigenvalue weighted by Crippen LogP contribution is 2.35. The number of rotatable bonds is 7. The average molecular weight is 526 g/mol. The van der Waals surface area contributed by atoms with Crippen molar-refractivity contribution in [2.24, 2.45) is 0 Å². The number of benzene rings is 1. The Morgan fingerprint density at radius 1 is 1.23 bits per heavy atom. The first kappa shape index (κ1) is 25.4. The van der Waals surface area contributed by atoms with Gasteiger partial charge in [0, 0.05) is 38.5 Å². The van der Waals surface area contributed by atoms with E-state index >= 15 is 0 Å². The number of nitrogen functional groups attached to an aromatic ring is 1. The molecule has 188 valence electrons. The summed E-state index contributed by atoms with van der Waals surface area (Å²) < 4.78 is 55.8. The molecule has 35 heavy (non-hydrogen) atoms. The standard InChI is InChI=1S/C22H25F2N5O4S2/c1-13-16(12-29-7-9-33-10-8-29)27-28-21-17(13)18(25)19(34-21)20(30)26-11-14-3-5-15(6-4-14)35(31,32)22(2,23)24/h3-6H,7-12,25H2,1-2H3,(H,26,30). The van der Waals surface area contributed by atoms with Crippen LogP contribution in [0.2, 0.25) is 0 Å². The predicted octanol–water partition coefficient (Wildman–Crippen LogP) is 2.73. The van der Waals surface area contributed by atoms with Gasteiger partial charge in [-0.25, -0.2) is 8.42 Å². The molecule has 2 aromatic heterocycles. The zero-order valence-corrected chi connectivity index (χ0v) is 20.8. The van der Waals surface area contributed by atoms with Gasteiger partial charge in [0.2, 0.25) is 9.84 Å². The number of sulfone groups is 1. The van der Waals surface area contributed by atoms with Gasteiger partial charge >= 0.3 is 5.25 Å². The molecule has 13 heteroatoms. The smallest absolute Gasteiger partial charge is 0.347 e.